The van der Waals surface area contributed by atoms with Gasteiger partial charge in [0.2, 0.25) is 0 Å². The number of piperidine rings is 1. The largest absolute Gasteiger partial charge is 0.416 e. The summed E-state index contributed by atoms with van der Waals surface area (Å²) < 4.78 is 38.8. The molecule has 0 radical (unpaired) electrons. The maximum absolute atomic E-state index is 12.9. The lowest BCUT2D eigenvalue weighted by atomic mass is 9.85. The third-order valence-corrected chi connectivity index (χ3v) is 4.24. The van der Waals surface area contributed by atoms with E-state index in [2.05, 4.69) is 5.32 Å². The zero-order chi connectivity index (χ0) is 15.6. The van der Waals surface area contributed by atoms with Gasteiger partial charge in [0, 0.05) is 0 Å². The van der Waals surface area contributed by atoms with Crippen LogP contribution in [0.15, 0.2) is 48.5 Å². The van der Waals surface area contributed by atoms with Gasteiger partial charge in [0.15, 0.2) is 0 Å². The van der Waals surface area contributed by atoms with Crippen LogP contribution in [0.1, 0.15) is 29.9 Å². The minimum absolute atomic E-state index is 0.409. The lowest BCUT2D eigenvalue weighted by Gasteiger charge is -2.25. The van der Waals surface area contributed by atoms with Crippen molar-refractivity contribution in [2.45, 2.75) is 24.9 Å². The molecule has 2 aromatic rings. The van der Waals surface area contributed by atoms with Gasteiger partial charge in [-0.05, 0) is 60.7 Å². The van der Waals surface area contributed by atoms with Gasteiger partial charge in [-0.25, -0.2) is 0 Å². The summed E-state index contributed by atoms with van der Waals surface area (Å²) >= 11 is 0. The van der Waals surface area contributed by atoms with Crippen molar-refractivity contribution < 1.29 is 13.2 Å². The SMILES string of the molecule is FC(F)(F)c1cccc(-c2ccccc2C2CCNCC2)c1. The monoisotopic (exact) mass is 305 g/mol. The molecule has 0 bridgehead atoms. The van der Waals surface area contributed by atoms with Crippen molar-refractivity contribution in [3.05, 3.63) is 59.7 Å². The Hall–Kier alpha value is -1.81. The Morgan fingerprint density at radius 2 is 1.64 bits per heavy atom. The van der Waals surface area contributed by atoms with Crippen LogP contribution in [0.2, 0.25) is 0 Å². The topological polar surface area (TPSA) is 12.0 Å². The van der Waals surface area contributed by atoms with E-state index in [1.807, 2.05) is 24.3 Å². The first-order valence-electron chi connectivity index (χ1n) is 7.53. The number of hydrogen-bond donors (Lipinski definition) is 1. The molecular weight excluding hydrogens is 287 g/mol. The van der Waals surface area contributed by atoms with E-state index in [0.29, 0.717) is 11.5 Å². The minimum Gasteiger partial charge on any atom is -0.317 e. The first-order valence-corrected chi connectivity index (χ1v) is 7.53. The lowest BCUT2D eigenvalue weighted by molar-refractivity contribution is -0.137. The molecule has 1 N–H and O–H groups in total. The van der Waals surface area contributed by atoms with Crippen molar-refractivity contribution in [1.29, 1.82) is 0 Å². The normalized spacial score (nSPS) is 16.7. The molecule has 4 heteroatoms. The highest BCUT2D eigenvalue weighted by atomic mass is 19.4. The second-order valence-electron chi connectivity index (χ2n) is 5.69. The van der Waals surface area contributed by atoms with E-state index < -0.39 is 11.7 Å². The summed E-state index contributed by atoms with van der Waals surface area (Å²) in [4.78, 5) is 0. The van der Waals surface area contributed by atoms with Crippen molar-refractivity contribution in [3.63, 3.8) is 0 Å². The van der Waals surface area contributed by atoms with Gasteiger partial charge in [-0.3, -0.25) is 0 Å². The van der Waals surface area contributed by atoms with Crippen LogP contribution >= 0.6 is 0 Å². The van der Waals surface area contributed by atoms with Gasteiger partial charge in [-0.15, -0.1) is 0 Å². The first-order chi connectivity index (χ1) is 10.6. The molecule has 0 aliphatic carbocycles. The number of hydrogen-bond acceptors (Lipinski definition) is 1. The summed E-state index contributed by atoms with van der Waals surface area (Å²) in [6.45, 7) is 1.92. The number of halogens is 3. The van der Waals surface area contributed by atoms with Crippen LogP contribution in [-0.4, -0.2) is 13.1 Å². The number of rotatable bonds is 2. The van der Waals surface area contributed by atoms with Gasteiger partial charge in [0.25, 0.3) is 0 Å². The molecule has 2 aromatic carbocycles. The standard InChI is InChI=1S/C18H18F3N/c19-18(20,21)15-5-3-4-14(12-15)17-7-2-1-6-16(17)13-8-10-22-11-9-13/h1-7,12-13,22H,8-11H2. The van der Waals surface area contributed by atoms with Crippen molar-refractivity contribution in [2.75, 3.05) is 13.1 Å². The Morgan fingerprint density at radius 3 is 2.36 bits per heavy atom. The average Bonchev–Trinajstić information content (AvgIpc) is 2.55. The molecule has 1 aliphatic heterocycles. The van der Waals surface area contributed by atoms with Crippen LogP contribution in [0.5, 0.6) is 0 Å². The Morgan fingerprint density at radius 1 is 0.909 bits per heavy atom. The highest BCUT2D eigenvalue weighted by molar-refractivity contribution is 5.69. The van der Waals surface area contributed by atoms with Crippen molar-refractivity contribution in [3.8, 4) is 11.1 Å². The summed E-state index contributed by atoms with van der Waals surface area (Å²) in [6, 6.07) is 13.4. The van der Waals surface area contributed by atoms with Gasteiger partial charge < -0.3 is 5.32 Å². The second kappa shape index (κ2) is 6.13. The number of nitrogens with one attached hydrogen (secondary N) is 1. The van der Waals surface area contributed by atoms with Gasteiger partial charge >= 0.3 is 6.18 Å². The molecule has 1 fully saturated rings. The fourth-order valence-electron chi connectivity index (χ4n) is 3.11. The zero-order valence-electron chi connectivity index (χ0n) is 12.2. The molecule has 3 rings (SSSR count). The van der Waals surface area contributed by atoms with Crippen LogP contribution in [0, 0.1) is 0 Å². The van der Waals surface area contributed by atoms with E-state index in [4.69, 9.17) is 0 Å². The number of benzene rings is 2. The molecule has 0 aromatic heterocycles. The van der Waals surface area contributed by atoms with Crippen LogP contribution in [0.3, 0.4) is 0 Å². The Bertz CT molecular complexity index is 643. The quantitative estimate of drug-likeness (QED) is 0.837. The van der Waals surface area contributed by atoms with Crippen molar-refractivity contribution in [2.24, 2.45) is 0 Å². The van der Waals surface area contributed by atoms with E-state index >= 15 is 0 Å². The predicted molar refractivity (Wildman–Crippen MR) is 81.7 cm³/mol. The molecule has 0 unspecified atom stereocenters. The summed E-state index contributed by atoms with van der Waals surface area (Å²) in [5.74, 6) is 0.409. The number of alkyl halides is 3. The summed E-state index contributed by atoms with van der Waals surface area (Å²) in [6.07, 6.45) is -2.26. The molecule has 22 heavy (non-hydrogen) atoms. The van der Waals surface area contributed by atoms with E-state index in [1.54, 1.807) is 6.07 Å². The van der Waals surface area contributed by atoms with Crippen LogP contribution in [0.25, 0.3) is 11.1 Å². The first kappa shape index (κ1) is 15.1. The maximum Gasteiger partial charge on any atom is 0.416 e. The molecule has 1 nitrogen and oxygen atoms in total. The van der Waals surface area contributed by atoms with E-state index in [9.17, 15) is 13.2 Å². The fourth-order valence-corrected chi connectivity index (χ4v) is 3.11. The predicted octanol–water partition coefficient (Wildman–Crippen LogP) is 4.84. The Balaban J connectivity index is 2.01. The molecule has 1 heterocycles. The van der Waals surface area contributed by atoms with Gasteiger partial charge in [0.05, 0.1) is 5.56 Å². The van der Waals surface area contributed by atoms with Crippen LogP contribution < -0.4 is 5.32 Å². The minimum atomic E-state index is -4.31. The van der Waals surface area contributed by atoms with Crippen molar-refractivity contribution >= 4 is 0 Å². The molecule has 1 saturated heterocycles. The summed E-state index contributed by atoms with van der Waals surface area (Å²) in [5, 5.41) is 3.32. The van der Waals surface area contributed by atoms with Crippen LogP contribution in [0.4, 0.5) is 13.2 Å². The molecule has 116 valence electrons. The molecular formula is C18H18F3N. The average molecular weight is 305 g/mol. The summed E-state index contributed by atoms with van der Waals surface area (Å²) in [7, 11) is 0. The third-order valence-electron chi connectivity index (χ3n) is 4.24. The summed E-state index contributed by atoms with van der Waals surface area (Å²) in [5.41, 5.74) is 2.12. The van der Waals surface area contributed by atoms with E-state index in [1.165, 1.54) is 12.1 Å². The smallest absolute Gasteiger partial charge is 0.317 e. The van der Waals surface area contributed by atoms with Gasteiger partial charge in [0.1, 0.15) is 0 Å². The highest BCUT2D eigenvalue weighted by Crippen LogP contribution is 2.36. The fraction of sp³-hybridized carbons (Fsp3) is 0.333. The van der Waals surface area contributed by atoms with Crippen LogP contribution in [-0.2, 0) is 6.18 Å². The molecule has 0 saturated carbocycles. The van der Waals surface area contributed by atoms with E-state index in [0.717, 1.165) is 43.1 Å². The van der Waals surface area contributed by atoms with Crippen molar-refractivity contribution in [1.82, 2.24) is 5.32 Å². The zero-order valence-corrected chi connectivity index (χ0v) is 12.2. The van der Waals surface area contributed by atoms with Gasteiger partial charge in [-0.1, -0.05) is 36.4 Å². The second-order valence-corrected chi connectivity index (χ2v) is 5.69. The maximum atomic E-state index is 12.9. The third kappa shape index (κ3) is 3.17. The Labute approximate surface area is 128 Å². The molecule has 0 atom stereocenters. The molecule has 0 amide bonds. The van der Waals surface area contributed by atoms with E-state index in [-0.39, 0.29) is 0 Å². The molecule has 1 aliphatic rings. The lowest BCUT2D eigenvalue weighted by Crippen LogP contribution is -2.26. The Kier molecular flexibility index (Phi) is 4.21. The van der Waals surface area contributed by atoms with Gasteiger partial charge in [-0.2, -0.15) is 13.2 Å². The highest BCUT2D eigenvalue weighted by Gasteiger charge is 2.30. The molecule has 0 spiro atoms.